The Hall–Kier alpha value is -1.77. The summed E-state index contributed by atoms with van der Waals surface area (Å²) in [7, 11) is -1.50. The zero-order valence-electron chi connectivity index (χ0n) is 21.0. The van der Waals surface area contributed by atoms with Crippen molar-refractivity contribution in [3.63, 3.8) is 0 Å². The van der Waals surface area contributed by atoms with Gasteiger partial charge in [0.2, 0.25) is 0 Å². The summed E-state index contributed by atoms with van der Waals surface area (Å²) in [5, 5.41) is 7.37. The molecule has 0 radical (unpaired) electrons. The Bertz CT molecular complexity index is 966. The van der Waals surface area contributed by atoms with Gasteiger partial charge in [-0.25, -0.2) is 8.42 Å². The van der Waals surface area contributed by atoms with Crippen molar-refractivity contribution in [2.75, 3.05) is 19.9 Å². The first-order valence-corrected chi connectivity index (χ1v) is 14.4. The van der Waals surface area contributed by atoms with Crippen LogP contribution in [0.5, 0.6) is 0 Å². The van der Waals surface area contributed by atoms with E-state index < -0.39 is 9.84 Å². The average molecular weight is 488 g/mol. The predicted octanol–water partition coefficient (Wildman–Crippen LogP) is 4.48. The number of hydrogen-bond donors (Lipinski definition) is 2. The third kappa shape index (κ3) is 6.89. The smallest absolute Gasteiger partial charge is 0.175 e. The van der Waals surface area contributed by atoms with E-state index in [1.807, 2.05) is 18.2 Å². The van der Waals surface area contributed by atoms with Crippen LogP contribution in [0.4, 0.5) is 0 Å². The first-order valence-electron chi connectivity index (χ1n) is 12.5. The monoisotopic (exact) mass is 487 g/mol. The van der Waals surface area contributed by atoms with Crippen LogP contribution in [0.3, 0.4) is 0 Å². The highest BCUT2D eigenvalue weighted by molar-refractivity contribution is 7.90. The number of sulfone groups is 1. The fraction of sp³-hybridized carbons (Fsp3) is 0.556. The lowest BCUT2D eigenvalue weighted by atomic mass is 9.94. The largest absolute Gasteiger partial charge is 0.365 e. The highest BCUT2D eigenvalue weighted by Crippen LogP contribution is 2.34. The molecule has 6 nitrogen and oxygen atoms in total. The summed E-state index contributed by atoms with van der Waals surface area (Å²) in [6.45, 7) is 6.06. The molecule has 2 N–H and O–H groups in total. The van der Waals surface area contributed by atoms with Crippen molar-refractivity contribution in [1.29, 1.82) is 0 Å². The zero-order chi connectivity index (χ0) is 24.6. The molecule has 0 amide bonds. The maximum atomic E-state index is 12.0. The number of benzene rings is 2. The molecular formula is C27H41N3O3S. The molecule has 1 fully saturated rings. The fourth-order valence-corrected chi connectivity index (χ4v) is 5.58. The Kier molecular flexibility index (Phi) is 10.1. The SMILES string of the molecule is CCCCCC(CC)N1C(NCc2ccccc2)CNC(OC)C1c1ccc(S(C)(=O)=O)cc1. The number of piperazine rings is 1. The summed E-state index contributed by atoms with van der Waals surface area (Å²) < 4.78 is 30.0. The minimum atomic E-state index is -3.24. The van der Waals surface area contributed by atoms with Gasteiger partial charge in [0.1, 0.15) is 6.23 Å². The molecule has 4 atom stereocenters. The predicted molar refractivity (Wildman–Crippen MR) is 138 cm³/mol. The molecular weight excluding hydrogens is 446 g/mol. The van der Waals surface area contributed by atoms with E-state index in [0.29, 0.717) is 10.9 Å². The number of unbranched alkanes of at least 4 members (excludes halogenated alkanes) is 2. The Morgan fingerprint density at radius 1 is 1.09 bits per heavy atom. The van der Waals surface area contributed by atoms with E-state index in [1.165, 1.54) is 31.1 Å². The summed E-state index contributed by atoms with van der Waals surface area (Å²) >= 11 is 0. The van der Waals surface area contributed by atoms with E-state index in [-0.39, 0.29) is 18.4 Å². The molecule has 0 spiro atoms. The molecule has 188 valence electrons. The average Bonchev–Trinajstić information content (AvgIpc) is 2.85. The third-order valence-electron chi connectivity index (χ3n) is 6.80. The Balaban J connectivity index is 1.94. The molecule has 0 aromatic heterocycles. The van der Waals surface area contributed by atoms with E-state index in [2.05, 4.69) is 53.6 Å². The molecule has 0 saturated carbocycles. The van der Waals surface area contributed by atoms with Gasteiger partial charge in [-0.3, -0.25) is 15.5 Å². The van der Waals surface area contributed by atoms with Crippen LogP contribution >= 0.6 is 0 Å². The van der Waals surface area contributed by atoms with Crippen molar-refractivity contribution >= 4 is 9.84 Å². The van der Waals surface area contributed by atoms with Gasteiger partial charge in [-0.1, -0.05) is 75.6 Å². The van der Waals surface area contributed by atoms with Gasteiger partial charge in [0.15, 0.2) is 9.84 Å². The van der Waals surface area contributed by atoms with Gasteiger partial charge in [0, 0.05) is 32.5 Å². The van der Waals surface area contributed by atoms with Crippen LogP contribution in [0.2, 0.25) is 0 Å². The molecule has 1 aliphatic heterocycles. The number of ether oxygens (including phenoxy) is 1. The first-order chi connectivity index (χ1) is 16.4. The first kappa shape index (κ1) is 26.8. The molecule has 7 heteroatoms. The number of hydrogen-bond acceptors (Lipinski definition) is 6. The van der Waals surface area contributed by atoms with Crippen LogP contribution in [0.1, 0.15) is 63.1 Å². The van der Waals surface area contributed by atoms with Crippen LogP contribution in [-0.2, 0) is 21.1 Å². The van der Waals surface area contributed by atoms with E-state index in [4.69, 9.17) is 4.74 Å². The second-order valence-electron chi connectivity index (χ2n) is 9.24. The van der Waals surface area contributed by atoms with Gasteiger partial charge in [-0.15, -0.1) is 0 Å². The van der Waals surface area contributed by atoms with Crippen molar-refractivity contribution in [3.8, 4) is 0 Å². The maximum absolute atomic E-state index is 12.0. The quantitative estimate of drug-likeness (QED) is 0.430. The summed E-state index contributed by atoms with van der Waals surface area (Å²) in [5.41, 5.74) is 2.32. The lowest BCUT2D eigenvalue weighted by Gasteiger charge is -2.50. The molecule has 0 aliphatic carbocycles. The van der Waals surface area contributed by atoms with Gasteiger partial charge in [0.05, 0.1) is 17.1 Å². The second-order valence-corrected chi connectivity index (χ2v) is 11.3. The van der Waals surface area contributed by atoms with Gasteiger partial charge >= 0.3 is 0 Å². The van der Waals surface area contributed by atoms with Crippen molar-refractivity contribution in [2.24, 2.45) is 0 Å². The molecule has 2 aromatic rings. The normalized spacial score (nSPS) is 22.5. The van der Waals surface area contributed by atoms with E-state index >= 15 is 0 Å². The summed E-state index contributed by atoms with van der Waals surface area (Å²) in [6, 6.07) is 18.1. The van der Waals surface area contributed by atoms with E-state index in [0.717, 1.165) is 31.5 Å². The van der Waals surface area contributed by atoms with Crippen molar-refractivity contribution in [2.45, 2.75) is 81.9 Å². The Labute approximate surface area is 206 Å². The maximum Gasteiger partial charge on any atom is 0.175 e. The molecule has 34 heavy (non-hydrogen) atoms. The standard InChI is InChI=1S/C27H41N3O3S/c1-5-7-9-14-23(6-2)30-25(28-19-21-12-10-8-11-13-21)20-29-27(33-3)26(30)22-15-17-24(18-16-22)34(4,31)32/h8,10-13,15-18,23,25-29H,5-7,9,14,19-20H2,1-4H3. The van der Waals surface area contributed by atoms with E-state index in [1.54, 1.807) is 19.2 Å². The molecule has 1 heterocycles. The van der Waals surface area contributed by atoms with Crippen LogP contribution in [0.15, 0.2) is 59.5 Å². The van der Waals surface area contributed by atoms with Crippen LogP contribution in [0, 0.1) is 0 Å². The van der Waals surface area contributed by atoms with Crippen molar-refractivity contribution < 1.29 is 13.2 Å². The van der Waals surface area contributed by atoms with Crippen LogP contribution in [0.25, 0.3) is 0 Å². The zero-order valence-corrected chi connectivity index (χ0v) is 21.9. The molecule has 2 aromatic carbocycles. The summed E-state index contributed by atoms with van der Waals surface area (Å²) in [5.74, 6) is 0. The number of nitrogens with one attached hydrogen (secondary N) is 2. The second kappa shape index (κ2) is 12.8. The van der Waals surface area contributed by atoms with Gasteiger partial charge in [0.25, 0.3) is 0 Å². The van der Waals surface area contributed by atoms with Gasteiger partial charge < -0.3 is 4.74 Å². The summed E-state index contributed by atoms with van der Waals surface area (Å²) in [4.78, 5) is 2.92. The number of nitrogens with zero attached hydrogens (tertiary/aromatic N) is 1. The molecule has 4 unspecified atom stereocenters. The number of methoxy groups -OCH3 is 1. The van der Waals surface area contributed by atoms with Crippen molar-refractivity contribution in [3.05, 3.63) is 65.7 Å². The van der Waals surface area contributed by atoms with Gasteiger partial charge in [-0.2, -0.15) is 0 Å². The third-order valence-corrected chi connectivity index (χ3v) is 7.93. The Morgan fingerprint density at radius 3 is 2.38 bits per heavy atom. The molecule has 1 saturated heterocycles. The van der Waals surface area contributed by atoms with Crippen molar-refractivity contribution in [1.82, 2.24) is 15.5 Å². The van der Waals surface area contributed by atoms with E-state index in [9.17, 15) is 8.42 Å². The minimum Gasteiger partial charge on any atom is -0.365 e. The topological polar surface area (TPSA) is 70.7 Å². The van der Waals surface area contributed by atoms with Crippen LogP contribution < -0.4 is 10.6 Å². The lowest BCUT2D eigenvalue weighted by molar-refractivity contribution is -0.0864. The Morgan fingerprint density at radius 2 is 1.79 bits per heavy atom. The molecule has 3 rings (SSSR count). The van der Waals surface area contributed by atoms with Crippen LogP contribution in [-0.4, -0.2) is 51.7 Å². The minimum absolute atomic E-state index is 0.0350. The lowest BCUT2D eigenvalue weighted by Crippen LogP contribution is -2.65. The highest BCUT2D eigenvalue weighted by atomic mass is 32.2. The summed E-state index contributed by atoms with van der Waals surface area (Å²) in [6.07, 6.45) is 6.98. The highest BCUT2D eigenvalue weighted by Gasteiger charge is 2.41. The number of rotatable bonds is 12. The fourth-order valence-electron chi connectivity index (χ4n) is 4.95. The van der Waals surface area contributed by atoms with Gasteiger partial charge in [-0.05, 0) is 36.1 Å². The molecule has 0 bridgehead atoms. The molecule has 1 aliphatic rings.